The van der Waals surface area contributed by atoms with Crippen molar-refractivity contribution in [2.45, 2.75) is 64.0 Å². The molecule has 0 aliphatic carbocycles. The summed E-state index contributed by atoms with van der Waals surface area (Å²) in [4.78, 5) is 17.1. The molecule has 1 saturated heterocycles. The topological polar surface area (TPSA) is 32.8 Å². The summed E-state index contributed by atoms with van der Waals surface area (Å²) in [6, 6.07) is 8.75. The number of carbonyl (C=O) groups excluding carboxylic acids is 1. The van der Waals surface area contributed by atoms with E-state index >= 15 is 0 Å². The molecule has 4 nitrogen and oxygen atoms in total. The summed E-state index contributed by atoms with van der Waals surface area (Å²) in [5.41, 5.74) is 4.87. The number of fused-ring (bicyclic) bond motifs is 3. The summed E-state index contributed by atoms with van der Waals surface area (Å²) in [6.07, 6.45) is 3.86. The number of nitrogens with zero attached hydrogens (tertiary/aromatic N) is 2. The number of piperidine rings is 1. The number of aryl methyl sites for hydroxylation is 1. The van der Waals surface area contributed by atoms with Gasteiger partial charge >= 0.3 is 6.09 Å². The molecule has 3 heterocycles. The van der Waals surface area contributed by atoms with Crippen molar-refractivity contribution in [3.8, 4) is 11.1 Å². The Hall–Kier alpha value is -2.63. The van der Waals surface area contributed by atoms with E-state index in [4.69, 9.17) is 4.74 Å². The summed E-state index contributed by atoms with van der Waals surface area (Å²) >= 11 is 0. The van der Waals surface area contributed by atoms with Crippen molar-refractivity contribution >= 4 is 11.8 Å². The van der Waals surface area contributed by atoms with Crippen molar-refractivity contribution < 1.29 is 18.3 Å². The van der Waals surface area contributed by atoms with Gasteiger partial charge in [0.2, 0.25) is 0 Å². The second-order valence-corrected chi connectivity index (χ2v) is 10.2. The summed E-state index contributed by atoms with van der Waals surface area (Å²) in [5, 5.41) is 0. The molecule has 2 atom stereocenters. The molecule has 2 aromatic carbocycles. The Bertz CT molecular complexity index is 1060. The lowest BCUT2D eigenvalue weighted by Crippen LogP contribution is -2.49. The maximum absolute atomic E-state index is 14.0. The molecule has 1 fully saturated rings. The maximum Gasteiger partial charge on any atom is 0.410 e. The highest BCUT2D eigenvalue weighted by molar-refractivity contribution is 5.77. The zero-order chi connectivity index (χ0) is 22.6. The average molecular weight is 441 g/mol. The van der Waals surface area contributed by atoms with Gasteiger partial charge in [0.05, 0.1) is 0 Å². The average Bonchev–Trinajstić information content (AvgIpc) is 2.89. The first-order valence-electron chi connectivity index (χ1n) is 11.6. The number of hydrogen-bond acceptors (Lipinski definition) is 3. The van der Waals surface area contributed by atoms with Crippen LogP contribution >= 0.6 is 0 Å². The fraction of sp³-hybridized carbons (Fsp3) is 0.500. The third-order valence-corrected chi connectivity index (χ3v) is 6.88. The normalized spacial score (nSPS) is 22.3. The van der Waals surface area contributed by atoms with Gasteiger partial charge in [-0.05, 0) is 93.0 Å². The van der Waals surface area contributed by atoms with Crippen LogP contribution < -0.4 is 4.90 Å². The minimum absolute atomic E-state index is 0.188. The molecule has 0 saturated carbocycles. The number of amides is 1. The number of carbonyl (C=O) groups is 1. The van der Waals surface area contributed by atoms with Crippen molar-refractivity contribution in [1.82, 2.24) is 4.90 Å². The lowest BCUT2D eigenvalue weighted by atomic mass is 9.86. The van der Waals surface area contributed by atoms with E-state index in [1.54, 1.807) is 6.07 Å². The molecule has 0 aromatic heterocycles. The summed E-state index contributed by atoms with van der Waals surface area (Å²) < 4.78 is 33.1. The van der Waals surface area contributed by atoms with Crippen LogP contribution in [0, 0.1) is 11.6 Å². The number of hydrogen-bond donors (Lipinski definition) is 0. The highest BCUT2D eigenvalue weighted by atomic mass is 19.2. The highest BCUT2D eigenvalue weighted by Crippen LogP contribution is 2.49. The molecule has 5 rings (SSSR count). The van der Waals surface area contributed by atoms with Crippen LogP contribution in [0.5, 0.6) is 0 Å². The van der Waals surface area contributed by atoms with Crippen LogP contribution in [0.15, 0.2) is 30.3 Å². The molecule has 1 amide bonds. The van der Waals surface area contributed by atoms with E-state index in [1.807, 2.05) is 25.7 Å². The molecule has 0 unspecified atom stereocenters. The largest absolute Gasteiger partial charge is 0.444 e. The van der Waals surface area contributed by atoms with Gasteiger partial charge in [-0.1, -0.05) is 6.07 Å². The Kier molecular flexibility index (Phi) is 5.14. The zero-order valence-corrected chi connectivity index (χ0v) is 19.0. The number of anilines is 1. The predicted molar refractivity (Wildman–Crippen MR) is 121 cm³/mol. The standard InChI is InChI=1S/C26H30F2N2O2/c1-26(2,3)32-25(31)29-11-9-23-20(15-29)19-13-18(16-7-8-21(27)22(28)14-16)12-17-6-4-5-10-30(23)24(17)19/h7-8,12-14,20,23H,4-6,9-11,15H2,1-3H3/t20-,23-/m0/s1. The van der Waals surface area contributed by atoms with Crippen molar-refractivity contribution in [1.29, 1.82) is 0 Å². The highest BCUT2D eigenvalue weighted by Gasteiger charge is 2.45. The second-order valence-electron chi connectivity index (χ2n) is 10.2. The third kappa shape index (κ3) is 3.74. The van der Waals surface area contributed by atoms with E-state index in [0.717, 1.165) is 37.8 Å². The molecule has 3 aliphatic rings. The van der Waals surface area contributed by atoms with Crippen LogP contribution in [0.4, 0.5) is 19.3 Å². The van der Waals surface area contributed by atoms with Gasteiger partial charge < -0.3 is 14.5 Å². The van der Waals surface area contributed by atoms with E-state index in [0.29, 0.717) is 24.7 Å². The lowest BCUT2D eigenvalue weighted by Gasteiger charge is -2.39. The van der Waals surface area contributed by atoms with Crippen molar-refractivity contribution in [2.24, 2.45) is 0 Å². The van der Waals surface area contributed by atoms with Crippen molar-refractivity contribution in [2.75, 3.05) is 24.5 Å². The van der Waals surface area contributed by atoms with Gasteiger partial charge in [-0.2, -0.15) is 0 Å². The first-order valence-corrected chi connectivity index (χ1v) is 11.6. The van der Waals surface area contributed by atoms with Gasteiger partial charge in [-0.3, -0.25) is 0 Å². The number of benzene rings is 2. The van der Waals surface area contributed by atoms with Crippen molar-refractivity contribution in [3.05, 3.63) is 53.1 Å². The first-order chi connectivity index (χ1) is 15.2. The van der Waals surface area contributed by atoms with Crippen LogP contribution in [-0.4, -0.2) is 42.3 Å². The first kappa shape index (κ1) is 21.2. The SMILES string of the molecule is CC(C)(C)OC(=O)N1CC[C@H]2[C@@H](C1)c1cc(-c3ccc(F)c(F)c3)cc3c1N2CCCC3. The van der Waals surface area contributed by atoms with Gasteiger partial charge in [0.1, 0.15) is 5.60 Å². The summed E-state index contributed by atoms with van der Waals surface area (Å²) in [6.45, 7) is 7.98. The van der Waals surface area contributed by atoms with Gasteiger partial charge in [0, 0.05) is 37.3 Å². The molecule has 0 radical (unpaired) electrons. The fourth-order valence-electron chi connectivity index (χ4n) is 5.54. The molecular formula is C26H30F2N2O2. The van der Waals surface area contributed by atoms with Gasteiger partial charge in [-0.15, -0.1) is 0 Å². The fourth-order valence-corrected chi connectivity index (χ4v) is 5.54. The Morgan fingerprint density at radius 1 is 1.03 bits per heavy atom. The zero-order valence-electron chi connectivity index (χ0n) is 19.0. The molecule has 0 spiro atoms. The number of halogens is 2. The number of rotatable bonds is 1. The van der Waals surface area contributed by atoms with Crippen LogP contribution in [0.3, 0.4) is 0 Å². The van der Waals surface area contributed by atoms with Crippen LogP contribution in [-0.2, 0) is 11.2 Å². The lowest BCUT2D eigenvalue weighted by molar-refractivity contribution is 0.0189. The van der Waals surface area contributed by atoms with Gasteiger partial charge in [0.15, 0.2) is 11.6 Å². The van der Waals surface area contributed by atoms with Gasteiger partial charge in [-0.25, -0.2) is 13.6 Å². The summed E-state index contributed by atoms with van der Waals surface area (Å²) in [5.74, 6) is -1.48. The molecule has 32 heavy (non-hydrogen) atoms. The Morgan fingerprint density at radius 3 is 2.59 bits per heavy atom. The van der Waals surface area contributed by atoms with E-state index in [2.05, 4.69) is 17.0 Å². The van der Waals surface area contributed by atoms with E-state index in [9.17, 15) is 13.6 Å². The minimum atomic E-state index is -0.834. The quantitative estimate of drug-likeness (QED) is 0.555. The van der Waals surface area contributed by atoms with Crippen LogP contribution in [0.1, 0.15) is 57.1 Å². The smallest absolute Gasteiger partial charge is 0.410 e. The van der Waals surface area contributed by atoms with Gasteiger partial charge in [0.25, 0.3) is 0 Å². The Labute approximate surface area is 188 Å². The predicted octanol–water partition coefficient (Wildman–Crippen LogP) is 5.88. The van der Waals surface area contributed by atoms with E-state index in [1.165, 1.54) is 28.9 Å². The molecule has 0 N–H and O–H groups in total. The molecular weight excluding hydrogens is 410 g/mol. The minimum Gasteiger partial charge on any atom is -0.444 e. The molecule has 2 aromatic rings. The molecule has 0 bridgehead atoms. The molecule has 3 aliphatic heterocycles. The number of likely N-dealkylation sites (tertiary alicyclic amines) is 1. The van der Waals surface area contributed by atoms with Crippen LogP contribution in [0.25, 0.3) is 11.1 Å². The Balaban J connectivity index is 1.54. The second kappa shape index (κ2) is 7.75. The van der Waals surface area contributed by atoms with Crippen molar-refractivity contribution in [3.63, 3.8) is 0 Å². The van der Waals surface area contributed by atoms with E-state index in [-0.39, 0.29) is 12.0 Å². The van der Waals surface area contributed by atoms with Crippen LogP contribution in [0.2, 0.25) is 0 Å². The third-order valence-electron chi connectivity index (χ3n) is 6.88. The maximum atomic E-state index is 14.0. The van der Waals surface area contributed by atoms with E-state index < -0.39 is 17.2 Å². The summed E-state index contributed by atoms with van der Waals surface area (Å²) in [7, 11) is 0. The molecule has 170 valence electrons. The monoisotopic (exact) mass is 440 g/mol. The Morgan fingerprint density at radius 2 is 1.84 bits per heavy atom. The number of ether oxygens (including phenoxy) is 1. The molecule has 6 heteroatoms.